The molecular weight excluding hydrogens is 364 g/mol. The Bertz CT molecular complexity index is 736. The molecule has 7 heteroatoms. The fourth-order valence-electron chi connectivity index (χ4n) is 3.13. The van der Waals surface area contributed by atoms with Gasteiger partial charge >= 0.3 is 5.69 Å². The van der Waals surface area contributed by atoms with Gasteiger partial charge in [0.05, 0.1) is 23.7 Å². The third-order valence-corrected chi connectivity index (χ3v) is 4.83. The number of hydrogen-bond donors (Lipinski definition) is 1. The predicted molar refractivity (Wildman–Crippen MR) is 89.4 cm³/mol. The first-order chi connectivity index (χ1) is 11.1. The van der Waals surface area contributed by atoms with E-state index in [0.29, 0.717) is 23.6 Å². The minimum Gasteiger partial charge on any atom is -0.349 e. The highest BCUT2D eigenvalue weighted by Crippen LogP contribution is 2.40. The van der Waals surface area contributed by atoms with Crippen molar-refractivity contribution < 1.29 is 9.47 Å². The van der Waals surface area contributed by atoms with E-state index in [2.05, 4.69) is 27.5 Å². The summed E-state index contributed by atoms with van der Waals surface area (Å²) >= 11 is 3.18. The molecule has 0 saturated carbocycles. The lowest BCUT2D eigenvalue weighted by molar-refractivity contribution is -0.138. The highest BCUT2D eigenvalue weighted by molar-refractivity contribution is 9.10. The standard InChI is InChI=1S/C16H19BrN2O4/c1-2-3-5-22-15-12-8-11(7-10(12)4-6-23-15)19-9-13(17)14(20)18-16(19)21/h2,8-11,15H,1,3-7H2,(H,18,20,21)/t10-,11+,15+/m0/s1. The van der Waals surface area contributed by atoms with Gasteiger partial charge in [-0.1, -0.05) is 12.2 Å². The van der Waals surface area contributed by atoms with Crippen LogP contribution in [-0.2, 0) is 9.47 Å². The number of nitrogens with zero attached hydrogens (tertiary/aromatic N) is 1. The molecular formula is C16H19BrN2O4. The molecule has 3 rings (SSSR count). The van der Waals surface area contributed by atoms with Gasteiger partial charge in [0.2, 0.25) is 0 Å². The lowest BCUT2D eigenvalue weighted by atomic mass is 9.95. The van der Waals surface area contributed by atoms with Crippen LogP contribution in [0, 0.1) is 5.92 Å². The minimum absolute atomic E-state index is 0.0946. The average Bonchev–Trinajstić information content (AvgIpc) is 2.96. The highest BCUT2D eigenvalue weighted by Gasteiger charge is 2.36. The molecule has 0 unspecified atom stereocenters. The summed E-state index contributed by atoms with van der Waals surface area (Å²) in [5, 5.41) is 0. The summed E-state index contributed by atoms with van der Waals surface area (Å²) in [6.07, 6.45) is 7.56. The van der Waals surface area contributed by atoms with Crippen molar-refractivity contribution in [3.8, 4) is 0 Å². The molecule has 6 nitrogen and oxygen atoms in total. The second kappa shape index (κ2) is 6.98. The Kier molecular flexibility index (Phi) is 4.99. The molecule has 0 radical (unpaired) electrons. The lowest BCUT2D eigenvalue weighted by Crippen LogP contribution is -2.32. The molecule has 0 spiro atoms. The van der Waals surface area contributed by atoms with Crippen molar-refractivity contribution in [1.29, 1.82) is 0 Å². The molecule has 23 heavy (non-hydrogen) atoms. The Morgan fingerprint density at radius 3 is 3.13 bits per heavy atom. The predicted octanol–water partition coefficient (Wildman–Crippen LogP) is 2.13. The van der Waals surface area contributed by atoms with E-state index in [9.17, 15) is 9.59 Å². The number of aromatic nitrogens is 2. The van der Waals surface area contributed by atoms with Gasteiger partial charge in [0.25, 0.3) is 5.56 Å². The minimum atomic E-state index is -0.414. The van der Waals surface area contributed by atoms with Crippen LogP contribution in [-0.4, -0.2) is 29.1 Å². The molecule has 1 aliphatic heterocycles. The monoisotopic (exact) mass is 382 g/mol. The summed E-state index contributed by atoms with van der Waals surface area (Å²) < 4.78 is 13.4. The first-order valence-corrected chi connectivity index (χ1v) is 8.46. The topological polar surface area (TPSA) is 73.3 Å². The van der Waals surface area contributed by atoms with E-state index >= 15 is 0 Å². The molecule has 0 bridgehead atoms. The van der Waals surface area contributed by atoms with E-state index in [1.165, 1.54) is 0 Å². The first-order valence-electron chi connectivity index (χ1n) is 7.67. The van der Waals surface area contributed by atoms with Crippen LogP contribution >= 0.6 is 15.9 Å². The quantitative estimate of drug-likeness (QED) is 0.625. The van der Waals surface area contributed by atoms with Crippen LogP contribution in [0.25, 0.3) is 0 Å². The van der Waals surface area contributed by atoms with Crippen molar-refractivity contribution in [1.82, 2.24) is 9.55 Å². The molecule has 0 aromatic carbocycles. The molecule has 1 fully saturated rings. The highest BCUT2D eigenvalue weighted by atomic mass is 79.9. The number of H-pyrrole nitrogens is 1. The normalized spacial score (nSPS) is 26.7. The molecule has 1 aliphatic carbocycles. The first kappa shape index (κ1) is 16.4. The van der Waals surface area contributed by atoms with Gasteiger partial charge in [-0.2, -0.15) is 0 Å². The number of aromatic amines is 1. The van der Waals surface area contributed by atoms with Gasteiger partial charge < -0.3 is 9.47 Å². The number of halogens is 1. The van der Waals surface area contributed by atoms with Gasteiger partial charge in [0.15, 0.2) is 6.29 Å². The van der Waals surface area contributed by atoms with Gasteiger partial charge in [-0.15, -0.1) is 6.58 Å². The summed E-state index contributed by atoms with van der Waals surface area (Å²) in [7, 11) is 0. The maximum Gasteiger partial charge on any atom is 0.328 e. The van der Waals surface area contributed by atoms with Gasteiger partial charge in [0.1, 0.15) is 0 Å². The largest absolute Gasteiger partial charge is 0.349 e. The van der Waals surface area contributed by atoms with Gasteiger partial charge in [-0.3, -0.25) is 14.3 Å². The van der Waals surface area contributed by atoms with Crippen molar-refractivity contribution in [2.75, 3.05) is 13.2 Å². The zero-order valence-electron chi connectivity index (χ0n) is 12.7. The zero-order chi connectivity index (χ0) is 16.4. The van der Waals surface area contributed by atoms with E-state index in [-0.39, 0.29) is 12.3 Å². The third-order valence-electron chi connectivity index (χ3n) is 4.26. The molecule has 3 atom stereocenters. The number of fused-ring (bicyclic) bond motifs is 1. The van der Waals surface area contributed by atoms with Crippen LogP contribution in [0.4, 0.5) is 0 Å². The Morgan fingerprint density at radius 2 is 2.35 bits per heavy atom. The summed E-state index contributed by atoms with van der Waals surface area (Å²) in [5.74, 6) is 0.347. The van der Waals surface area contributed by atoms with Crippen LogP contribution in [0.2, 0.25) is 0 Å². The van der Waals surface area contributed by atoms with E-state index < -0.39 is 11.2 Å². The number of allylic oxidation sites excluding steroid dienone is 1. The fraction of sp³-hybridized carbons (Fsp3) is 0.500. The Labute approximate surface area is 141 Å². The number of hydrogen-bond acceptors (Lipinski definition) is 4. The fourth-order valence-corrected chi connectivity index (χ4v) is 3.45. The van der Waals surface area contributed by atoms with E-state index in [0.717, 1.165) is 24.8 Å². The van der Waals surface area contributed by atoms with Crippen LogP contribution in [0.3, 0.4) is 0 Å². The van der Waals surface area contributed by atoms with Crippen molar-refractivity contribution in [2.45, 2.75) is 31.6 Å². The average molecular weight is 383 g/mol. The molecule has 1 saturated heterocycles. The van der Waals surface area contributed by atoms with Gasteiger partial charge in [-0.05, 0) is 46.7 Å². The van der Waals surface area contributed by atoms with Crippen LogP contribution in [0.1, 0.15) is 25.3 Å². The molecule has 2 aliphatic rings. The molecule has 124 valence electrons. The van der Waals surface area contributed by atoms with Crippen molar-refractivity contribution in [2.24, 2.45) is 5.92 Å². The van der Waals surface area contributed by atoms with Crippen molar-refractivity contribution >= 4 is 15.9 Å². The maximum absolute atomic E-state index is 12.1. The summed E-state index contributed by atoms with van der Waals surface area (Å²) in [6.45, 7) is 4.89. The number of rotatable bonds is 5. The van der Waals surface area contributed by atoms with Crippen LogP contribution in [0.5, 0.6) is 0 Å². The third kappa shape index (κ3) is 3.41. The smallest absolute Gasteiger partial charge is 0.328 e. The number of nitrogens with one attached hydrogen (secondary N) is 1. The van der Waals surface area contributed by atoms with Crippen molar-refractivity contribution in [3.63, 3.8) is 0 Å². The Balaban J connectivity index is 1.84. The van der Waals surface area contributed by atoms with E-state index in [1.807, 2.05) is 12.2 Å². The summed E-state index contributed by atoms with van der Waals surface area (Å²) in [5.41, 5.74) is 0.284. The summed E-state index contributed by atoms with van der Waals surface area (Å²) in [4.78, 5) is 25.9. The van der Waals surface area contributed by atoms with Gasteiger partial charge in [0, 0.05) is 6.20 Å². The SMILES string of the molecule is C=CCCO[C@@H]1OCC[C@H]2C[C@@H](n3cc(Br)c(=O)[nH]c3=O)C=C21. The number of ether oxygens (including phenoxy) is 2. The second-order valence-electron chi connectivity index (χ2n) is 5.75. The maximum atomic E-state index is 12.1. The zero-order valence-corrected chi connectivity index (χ0v) is 14.3. The van der Waals surface area contributed by atoms with E-state index in [4.69, 9.17) is 9.47 Å². The Hall–Kier alpha value is -1.44. The summed E-state index contributed by atoms with van der Waals surface area (Å²) in [6, 6.07) is -0.0946. The van der Waals surface area contributed by atoms with Gasteiger partial charge in [-0.25, -0.2) is 4.79 Å². The van der Waals surface area contributed by atoms with E-state index in [1.54, 1.807) is 10.8 Å². The second-order valence-corrected chi connectivity index (χ2v) is 6.60. The van der Waals surface area contributed by atoms with Crippen LogP contribution < -0.4 is 11.2 Å². The molecule has 1 aromatic rings. The molecule has 2 heterocycles. The van der Waals surface area contributed by atoms with Crippen molar-refractivity contribution in [3.05, 3.63) is 55.8 Å². The Morgan fingerprint density at radius 1 is 1.52 bits per heavy atom. The molecule has 1 aromatic heterocycles. The van der Waals surface area contributed by atoms with Crippen LogP contribution in [0.15, 0.2) is 44.6 Å². The molecule has 1 N–H and O–H groups in total. The molecule has 0 amide bonds. The lowest BCUT2D eigenvalue weighted by Gasteiger charge is -2.29.